The first-order valence-corrected chi connectivity index (χ1v) is 6.25. The van der Waals surface area contributed by atoms with Crippen LogP contribution in [0.3, 0.4) is 0 Å². The molecule has 19 heavy (non-hydrogen) atoms. The van der Waals surface area contributed by atoms with Crippen molar-refractivity contribution in [2.24, 2.45) is 5.92 Å². The zero-order valence-corrected chi connectivity index (χ0v) is 11.8. The van der Waals surface area contributed by atoms with Gasteiger partial charge in [-0.25, -0.2) is 9.59 Å². The molecule has 0 heterocycles. The highest BCUT2D eigenvalue weighted by atomic mass is 35.5. The van der Waals surface area contributed by atoms with Crippen LogP contribution in [-0.4, -0.2) is 23.1 Å². The van der Waals surface area contributed by atoms with Crippen molar-refractivity contribution in [3.63, 3.8) is 0 Å². The van der Waals surface area contributed by atoms with Gasteiger partial charge in [-0.05, 0) is 30.5 Å². The summed E-state index contributed by atoms with van der Waals surface area (Å²) in [7, 11) is 0. The Morgan fingerprint density at radius 1 is 1.32 bits per heavy atom. The minimum absolute atomic E-state index is 0.205. The highest BCUT2D eigenvalue weighted by Gasteiger charge is 2.23. The fraction of sp³-hybridized carbons (Fsp3) is 0.385. The zero-order chi connectivity index (χ0) is 14.6. The summed E-state index contributed by atoms with van der Waals surface area (Å²) in [6, 6.07) is 3.61. The topological polar surface area (TPSA) is 78.4 Å². The van der Waals surface area contributed by atoms with Crippen molar-refractivity contribution in [3.8, 4) is 0 Å². The van der Waals surface area contributed by atoms with Crippen molar-refractivity contribution in [2.45, 2.75) is 26.8 Å². The van der Waals surface area contributed by atoms with Crippen LogP contribution in [0.2, 0.25) is 5.02 Å². The molecule has 1 aromatic rings. The van der Waals surface area contributed by atoms with Crippen LogP contribution >= 0.6 is 11.6 Å². The van der Waals surface area contributed by atoms with E-state index in [1.807, 2.05) is 6.92 Å². The summed E-state index contributed by atoms with van der Waals surface area (Å²) in [5.74, 6) is -1.27. The van der Waals surface area contributed by atoms with Gasteiger partial charge in [-0.1, -0.05) is 31.5 Å². The van der Waals surface area contributed by atoms with Gasteiger partial charge in [0.05, 0.1) is 0 Å². The number of carboxylic acids is 1. The van der Waals surface area contributed by atoms with Crippen molar-refractivity contribution in [3.05, 3.63) is 28.8 Å². The largest absolute Gasteiger partial charge is 0.480 e. The predicted molar refractivity (Wildman–Crippen MR) is 74.6 cm³/mol. The molecule has 5 nitrogen and oxygen atoms in total. The van der Waals surface area contributed by atoms with Crippen LogP contribution in [0.15, 0.2) is 18.2 Å². The van der Waals surface area contributed by atoms with Crippen LogP contribution in [0.25, 0.3) is 0 Å². The first kappa shape index (κ1) is 15.3. The van der Waals surface area contributed by atoms with Crippen LogP contribution in [0, 0.1) is 12.8 Å². The quantitative estimate of drug-likeness (QED) is 0.795. The van der Waals surface area contributed by atoms with Crippen molar-refractivity contribution < 1.29 is 14.7 Å². The van der Waals surface area contributed by atoms with E-state index in [0.29, 0.717) is 10.7 Å². The standard InChI is InChI=1S/C13H17ClN2O3/c1-7(2)11(12(17)18)16-13(19)15-10-6-9(14)5-4-8(10)3/h4-7,11H,1-3H3,(H,17,18)(H2,15,16,19). The third-order valence-corrected chi connectivity index (χ3v) is 2.90. The van der Waals surface area contributed by atoms with Crippen LogP contribution in [-0.2, 0) is 4.79 Å². The number of halogens is 1. The summed E-state index contributed by atoms with van der Waals surface area (Å²) in [5.41, 5.74) is 1.40. The van der Waals surface area contributed by atoms with Gasteiger partial charge in [-0.3, -0.25) is 0 Å². The molecule has 0 spiro atoms. The lowest BCUT2D eigenvalue weighted by Crippen LogP contribution is -2.46. The van der Waals surface area contributed by atoms with E-state index in [1.54, 1.807) is 32.0 Å². The molecule has 0 radical (unpaired) electrons. The molecule has 1 unspecified atom stereocenters. The number of carboxylic acid groups (broad SMARTS) is 1. The van der Waals surface area contributed by atoms with E-state index in [9.17, 15) is 9.59 Å². The molecule has 0 aliphatic heterocycles. The molecule has 0 aliphatic rings. The van der Waals surface area contributed by atoms with Gasteiger partial charge in [0.2, 0.25) is 0 Å². The molecule has 0 aromatic heterocycles. The zero-order valence-electron chi connectivity index (χ0n) is 11.0. The Labute approximate surface area is 117 Å². The summed E-state index contributed by atoms with van der Waals surface area (Å²) in [5, 5.41) is 14.5. The molecular weight excluding hydrogens is 268 g/mol. The summed E-state index contributed by atoms with van der Waals surface area (Å²) in [4.78, 5) is 22.8. The van der Waals surface area contributed by atoms with Crippen molar-refractivity contribution in [2.75, 3.05) is 5.32 Å². The van der Waals surface area contributed by atoms with Crippen LogP contribution < -0.4 is 10.6 Å². The number of amides is 2. The number of hydrogen-bond donors (Lipinski definition) is 3. The van der Waals surface area contributed by atoms with Gasteiger partial charge in [0.15, 0.2) is 0 Å². The molecule has 6 heteroatoms. The number of urea groups is 1. The molecule has 0 saturated carbocycles. The van der Waals surface area contributed by atoms with Crippen molar-refractivity contribution in [1.29, 1.82) is 0 Å². The van der Waals surface area contributed by atoms with E-state index >= 15 is 0 Å². The predicted octanol–water partition coefficient (Wildman–Crippen LogP) is 2.88. The second-order valence-electron chi connectivity index (χ2n) is 4.62. The van der Waals surface area contributed by atoms with Gasteiger partial charge in [0, 0.05) is 10.7 Å². The maximum atomic E-state index is 11.8. The molecule has 3 N–H and O–H groups in total. The SMILES string of the molecule is Cc1ccc(Cl)cc1NC(=O)NC(C(=O)O)C(C)C. The minimum Gasteiger partial charge on any atom is -0.480 e. The monoisotopic (exact) mass is 284 g/mol. The fourth-order valence-electron chi connectivity index (χ4n) is 1.54. The van der Waals surface area contributed by atoms with E-state index in [2.05, 4.69) is 10.6 Å². The maximum Gasteiger partial charge on any atom is 0.326 e. The summed E-state index contributed by atoms with van der Waals surface area (Å²) in [6.07, 6.45) is 0. The molecule has 0 fully saturated rings. The number of hydrogen-bond acceptors (Lipinski definition) is 2. The lowest BCUT2D eigenvalue weighted by molar-refractivity contribution is -0.140. The van der Waals surface area contributed by atoms with E-state index < -0.39 is 18.0 Å². The smallest absolute Gasteiger partial charge is 0.326 e. The molecule has 1 atom stereocenters. The van der Waals surface area contributed by atoms with Gasteiger partial charge >= 0.3 is 12.0 Å². The first-order valence-electron chi connectivity index (χ1n) is 5.87. The highest BCUT2D eigenvalue weighted by molar-refractivity contribution is 6.31. The first-order chi connectivity index (χ1) is 8.81. The second-order valence-corrected chi connectivity index (χ2v) is 5.05. The van der Waals surface area contributed by atoms with Gasteiger partial charge in [0.25, 0.3) is 0 Å². The number of aryl methyl sites for hydroxylation is 1. The number of rotatable bonds is 4. The number of benzene rings is 1. The Kier molecular flexibility index (Phi) is 5.18. The Balaban J connectivity index is 2.74. The Morgan fingerprint density at radius 2 is 1.95 bits per heavy atom. The van der Waals surface area contributed by atoms with E-state index in [-0.39, 0.29) is 5.92 Å². The maximum absolute atomic E-state index is 11.8. The average molecular weight is 285 g/mol. The molecule has 104 valence electrons. The average Bonchev–Trinajstić information content (AvgIpc) is 2.30. The molecule has 1 rings (SSSR count). The third kappa shape index (κ3) is 4.44. The molecule has 1 aromatic carbocycles. The van der Waals surface area contributed by atoms with Crippen LogP contribution in [0.4, 0.5) is 10.5 Å². The summed E-state index contributed by atoms with van der Waals surface area (Å²) in [6.45, 7) is 5.27. The Morgan fingerprint density at radius 3 is 2.47 bits per heavy atom. The van der Waals surface area contributed by atoms with Gasteiger partial charge in [-0.2, -0.15) is 0 Å². The van der Waals surface area contributed by atoms with Gasteiger partial charge in [-0.15, -0.1) is 0 Å². The lowest BCUT2D eigenvalue weighted by Gasteiger charge is -2.18. The fourth-order valence-corrected chi connectivity index (χ4v) is 1.71. The highest BCUT2D eigenvalue weighted by Crippen LogP contribution is 2.20. The normalized spacial score (nSPS) is 12.1. The summed E-state index contributed by atoms with van der Waals surface area (Å²) < 4.78 is 0. The number of carbonyl (C=O) groups is 2. The van der Waals surface area contributed by atoms with Crippen LogP contribution in [0.1, 0.15) is 19.4 Å². The number of carbonyl (C=O) groups excluding carboxylic acids is 1. The third-order valence-electron chi connectivity index (χ3n) is 2.67. The molecule has 0 bridgehead atoms. The Bertz CT molecular complexity index is 489. The lowest BCUT2D eigenvalue weighted by atomic mass is 10.1. The summed E-state index contributed by atoms with van der Waals surface area (Å²) >= 11 is 5.84. The van der Waals surface area contributed by atoms with Crippen molar-refractivity contribution >= 4 is 29.3 Å². The number of nitrogens with one attached hydrogen (secondary N) is 2. The van der Waals surface area contributed by atoms with E-state index in [0.717, 1.165) is 5.56 Å². The number of aliphatic carboxylic acids is 1. The van der Waals surface area contributed by atoms with Gasteiger partial charge in [0.1, 0.15) is 6.04 Å². The molecular formula is C13H17ClN2O3. The second kappa shape index (κ2) is 6.43. The van der Waals surface area contributed by atoms with Crippen molar-refractivity contribution in [1.82, 2.24) is 5.32 Å². The van der Waals surface area contributed by atoms with Gasteiger partial charge < -0.3 is 15.7 Å². The molecule has 2 amide bonds. The molecule has 0 aliphatic carbocycles. The Hall–Kier alpha value is -1.75. The van der Waals surface area contributed by atoms with E-state index in [4.69, 9.17) is 16.7 Å². The van der Waals surface area contributed by atoms with Crippen LogP contribution in [0.5, 0.6) is 0 Å². The van der Waals surface area contributed by atoms with E-state index in [1.165, 1.54) is 0 Å². The minimum atomic E-state index is -1.06. The number of anilines is 1. The molecule has 0 saturated heterocycles.